The van der Waals surface area contributed by atoms with E-state index in [1.54, 1.807) is 36.4 Å². The van der Waals surface area contributed by atoms with E-state index in [9.17, 15) is 14.4 Å². The van der Waals surface area contributed by atoms with Gasteiger partial charge in [0.1, 0.15) is 5.69 Å². The summed E-state index contributed by atoms with van der Waals surface area (Å²) in [5.74, 6) is -1.24. The molecule has 102 valence electrons. The number of nitrogens with one attached hydrogen (secondary N) is 1. The zero-order valence-corrected chi connectivity index (χ0v) is 10.9. The van der Waals surface area contributed by atoms with Gasteiger partial charge in [0.25, 0.3) is 5.91 Å². The molecule has 5 nitrogen and oxygen atoms in total. The van der Waals surface area contributed by atoms with Gasteiger partial charge in [0.05, 0.1) is 11.3 Å². The highest BCUT2D eigenvalue weighted by molar-refractivity contribution is 6.24. The molecule has 0 fully saturated rings. The fourth-order valence-corrected chi connectivity index (χ4v) is 2.07. The lowest BCUT2D eigenvalue weighted by Gasteiger charge is -2.14. The summed E-state index contributed by atoms with van der Waals surface area (Å²) in [4.78, 5) is 40.1. The summed E-state index contributed by atoms with van der Waals surface area (Å²) in [6.45, 7) is 0. The molecule has 3 rings (SSSR count). The van der Waals surface area contributed by atoms with Gasteiger partial charge < -0.3 is 5.32 Å². The molecule has 1 N–H and O–H groups in total. The molecule has 0 spiro atoms. The van der Waals surface area contributed by atoms with Crippen molar-refractivity contribution in [1.82, 2.24) is 10.3 Å². The number of fused-ring (bicyclic) bond motifs is 1. The maximum absolute atomic E-state index is 12.3. The Labute approximate surface area is 120 Å². The van der Waals surface area contributed by atoms with E-state index in [1.807, 2.05) is 0 Å². The third kappa shape index (κ3) is 2.36. The van der Waals surface area contributed by atoms with E-state index in [4.69, 9.17) is 0 Å². The fraction of sp³-hybridized carbons (Fsp3) is 0. The highest BCUT2D eigenvalue weighted by atomic mass is 16.2. The number of pyridine rings is 1. The monoisotopic (exact) mass is 278 g/mol. The van der Waals surface area contributed by atoms with Crippen LogP contribution in [-0.4, -0.2) is 22.5 Å². The van der Waals surface area contributed by atoms with Crippen molar-refractivity contribution in [3.05, 3.63) is 77.3 Å². The van der Waals surface area contributed by atoms with Crippen LogP contribution in [0.25, 0.3) is 0 Å². The third-order valence-corrected chi connectivity index (χ3v) is 3.09. The van der Waals surface area contributed by atoms with E-state index < -0.39 is 17.5 Å². The zero-order chi connectivity index (χ0) is 14.8. The standard InChI is InChI=1S/C16H10N2O3/c19-13-9-12(15(20)11-7-4-8-17-14(11)13)18-16(21)10-5-2-1-3-6-10/h1-9H,(H,18,21). The van der Waals surface area contributed by atoms with Gasteiger partial charge in [0.2, 0.25) is 11.6 Å². The van der Waals surface area contributed by atoms with E-state index in [0.717, 1.165) is 6.08 Å². The van der Waals surface area contributed by atoms with Crippen LogP contribution in [0.2, 0.25) is 0 Å². The quantitative estimate of drug-likeness (QED) is 0.908. The second kappa shape index (κ2) is 5.13. The van der Waals surface area contributed by atoms with Crippen LogP contribution >= 0.6 is 0 Å². The molecule has 0 aliphatic heterocycles. The molecule has 2 aromatic rings. The molecule has 0 saturated heterocycles. The number of Topliss-reactive ketones (excluding diaryl/α,β-unsaturated/α-hetero) is 1. The van der Waals surface area contributed by atoms with Crippen LogP contribution in [0.15, 0.2) is 60.4 Å². The predicted octanol–water partition coefficient (Wildman–Crippen LogP) is 1.77. The van der Waals surface area contributed by atoms with Gasteiger partial charge in [0, 0.05) is 17.8 Å². The van der Waals surface area contributed by atoms with Crippen LogP contribution < -0.4 is 5.32 Å². The molecule has 1 aliphatic carbocycles. The Kier molecular flexibility index (Phi) is 3.16. The van der Waals surface area contributed by atoms with Crippen molar-refractivity contribution in [2.45, 2.75) is 0 Å². The molecular formula is C16H10N2O3. The number of carbonyl (C=O) groups is 3. The molecule has 0 unspecified atom stereocenters. The van der Waals surface area contributed by atoms with E-state index in [1.165, 1.54) is 12.3 Å². The van der Waals surface area contributed by atoms with E-state index >= 15 is 0 Å². The number of benzene rings is 1. The zero-order valence-electron chi connectivity index (χ0n) is 10.9. The number of rotatable bonds is 2. The summed E-state index contributed by atoms with van der Waals surface area (Å²) in [6.07, 6.45) is 2.56. The second-order valence-electron chi connectivity index (χ2n) is 4.47. The summed E-state index contributed by atoms with van der Waals surface area (Å²) in [5.41, 5.74) is 0.693. The molecule has 0 bridgehead atoms. The molecule has 5 heteroatoms. The maximum atomic E-state index is 12.3. The van der Waals surface area contributed by atoms with Gasteiger partial charge in [-0.15, -0.1) is 0 Å². The Bertz CT molecular complexity index is 779. The molecule has 1 aromatic carbocycles. The number of aromatic nitrogens is 1. The molecule has 0 radical (unpaired) electrons. The Hall–Kier alpha value is -3.08. The molecule has 1 amide bonds. The number of carbonyl (C=O) groups excluding carboxylic acids is 3. The van der Waals surface area contributed by atoms with Crippen molar-refractivity contribution in [2.24, 2.45) is 0 Å². The summed E-state index contributed by atoms with van der Waals surface area (Å²) < 4.78 is 0. The fourth-order valence-electron chi connectivity index (χ4n) is 2.07. The summed E-state index contributed by atoms with van der Waals surface area (Å²) in [6, 6.07) is 11.6. The van der Waals surface area contributed by atoms with E-state index in [2.05, 4.69) is 10.3 Å². The minimum atomic E-state index is -0.435. The Morgan fingerprint density at radius 2 is 1.76 bits per heavy atom. The Balaban J connectivity index is 1.90. The van der Waals surface area contributed by atoms with Gasteiger partial charge in [0.15, 0.2) is 0 Å². The SMILES string of the molecule is O=C(NC1=CC(=O)c2ncccc2C1=O)c1ccccc1. The van der Waals surface area contributed by atoms with Crippen LogP contribution in [0.1, 0.15) is 31.2 Å². The first-order chi connectivity index (χ1) is 10.2. The minimum absolute atomic E-state index is 0.0330. The van der Waals surface area contributed by atoms with Crippen LogP contribution in [0.5, 0.6) is 0 Å². The molecule has 21 heavy (non-hydrogen) atoms. The summed E-state index contributed by atoms with van der Waals surface area (Å²) in [5, 5.41) is 2.48. The average molecular weight is 278 g/mol. The van der Waals surface area contributed by atoms with Crippen LogP contribution in [0, 0.1) is 0 Å². The Morgan fingerprint density at radius 3 is 2.52 bits per heavy atom. The first kappa shape index (κ1) is 12.9. The molecular weight excluding hydrogens is 268 g/mol. The van der Waals surface area contributed by atoms with Crippen molar-refractivity contribution < 1.29 is 14.4 Å². The topological polar surface area (TPSA) is 76.1 Å². The summed E-state index contributed by atoms with van der Waals surface area (Å²) in [7, 11) is 0. The number of amides is 1. The van der Waals surface area contributed by atoms with E-state index in [0.29, 0.717) is 5.56 Å². The van der Waals surface area contributed by atoms with Crippen molar-refractivity contribution in [2.75, 3.05) is 0 Å². The second-order valence-corrected chi connectivity index (χ2v) is 4.47. The third-order valence-electron chi connectivity index (χ3n) is 3.09. The van der Waals surface area contributed by atoms with Gasteiger partial charge >= 0.3 is 0 Å². The van der Waals surface area contributed by atoms with Crippen LogP contribution in [-0.2, 0) is 0 Å². The molecule has 0 saturated carbocycles. The molecule has 1 aliphatic rings. The number of allylic oxidation sites excluding steroid dienone is 2. The smallest absolute Gasteiger partial charge is 0.255 e. The number of ketones is 2. The lowest BCUT2D eigenvalue weighted by Crippen LogP contribution is -2.31. The predicted molar refractivity (Wildman–Crippen MR) is 74.9 cm³/mol. The maximum Gasteiger partial charge on any atom is 0.255 e. The highest BCUT2D eigenvalue weighted by Gasteiger charge is 2.27. The van der Waals surface area contributed by atoms with E-state index in [-0.39, 0.29) is 17.0 Å². The van der Waals surface area contributed by atoms with Crippen molar-refractivity contribution in [3.8, 4) is 0 Å². The molecule has 0 atom stereocenters. The molecule has 1 aromatic heterocycles. The summed E-state index contributed by atoms with van der Waals surface area (Å²) >= 11 is 0. The molecule has 1 heterocycles. The van der Waals surface area contributed by atoms with Gasteiger partial charge in [-0.25, -0.2) is 0 Å². The Morgan fingerprint density at radius 1 is 1.00 bits per heavy atom. The average Bonchev–Trinajstić information content (AvgIpc) is 2.53. The number of nitrogens with zero attached hydrogens (tertiary/aromatic N) is 1. The first-order valence-electron chi connectivity index (χ1n) is 6.29. The lowest BCUT2D eigenvalue weighted by molar-refractivity contribution is 0.0923. The van der Waals surface area contributed by atoms with Crippen LogP contribution in [0.4, 0.5) is 0 Å². The normalized spacial score (nSPS) is 13.4. The number of hydrogen-bond acceptors (Lipinski definition) is 4. The van der Waals surface area contributed by atoms with Crippen molar-refractivity contribution in [1.29, 1.82) is 0 Å². The van der Waals surface area contributed by atoms with Gasteiger partial charge in [-0.1, -0.05) is 18.2 Å². The van der Waals surface area contributed by atoms with Crippen LogP contribution in [0.3, 0.4) is 0 Å². The van der Waals surface area contributed by atoms with Crippen molar-refractivity contribution in [3.63, 3.8) is 0 Å². The lowest BCUT2D eigenvalue weighted by atomic mass is 9.97. The highest BCUT2D eigenvalue weighted by Crippen LogP contribution is 2.18. The number of hydrogen-bond donors (Lipinski definition) is 1. The van der Waals surface area contributed by atoms with Gasteiger partial charge in [-0.3, -0.25) is 19.4 Å². The van der Waals surface area contributed by atoms with Gasteiger partial charge in [-0.05, 0) is 24.3 Å². The minimum Gasteiger partial charge on any atom is -0.319 e. The van der Waals surface area contributed by atoms with Gasteiger partial charge in [-0.2, -0.15) is 0 Å². The largest absolute Gasteiger partial charge is 0.319 e. The first-order valence-corrected chi connectivity index (χ1v) is 6.29. The van der Waals surface area contributed by atoms with Crippen molar-refractivity contribution >= 4 is 17.5 Å².